The molecule has 6 nitrogen and oxygen atoms in total. The Hall–Kier alpha value is -1.56. The van der Waals surface area contributed by atoms with Gasteiger partial charge in [-0.05, 0) is 26.2 Å². The molecule has 0 spiro atoms. The molecule has 20 heavy (non-hydrogen) atoms. The molecule has 1 atom stereocenters. The second kappa shape index (κ2) is 7.28. The number of nitrogens with zero attached hydrogens (tertiary/aromatic N) is 3. The quantitative estimate of drug-likeness (QED) is 0.889. The topological polar surface area (TPSA) is 59.4 Å². The van der Waals surface area contributed by atoms with E-state index in [9.17, 15) is 4.79 Å². The lowest BCUT2D eigenvalue weighted by atomic mass is 10.1. The molecule has 112 valence electrons. The number of ether oxygens (including phenoxy) is 1. The molecule has 0 saturated carbocycles. The molecular formula is C14H24N4O2. The number of carbonyl (C=O) groups is 1. The third kappa shape index (κ3) is 3.96. The van der Waals surface area contributed by atoms with Gasteiger partial charge in [0.15, 0.2) is 0 Å². The van der Waals surface area contributed by atoms with Crippen LogP contribution in [0.1, 0.15) is 32.0 Å². The van der Waals surface area contributed by atoms with Gasteiger partial charge in [-0.25, -0.2) is 9.78 Å². The highest BCUT2D eigenvalue weighted by atomic mass is 16.5. The fourth-order valence-electron chi connectivity index (χ4n) is 2.39. The van der Waals surface area contributed by atoms with Crippen molar-refractivity contribution in [3.05, 3.63) is 18.2 Å². The van der Waals surface area contributed by atoms with Crippen molar-refractivity contribution >= 4 is 6.03 Å². The fraction of sp³-hybridized carbons (Fsp3) is 0.714. The Morgan fingerprint density at radius 2 is 2.45 bits per heavy atom. The molecule has 1 fully saturated rings. The lowest BCUT2D eigenvalue weighted by Crippen LogP contribution is -2.44. The molecule has 6 heteroatoms. The van der Waals surface area contributed by atoms with E-state index in [-0.39, 0.29) is 12.1 Å². The molecule has 0 unspecified atom stereocenters. The Kier molecular flexibility index (Phi) is 5.40. The first-order valence-corrected chi connectivity index (χ1v) is 7.31. The second-order valence-electron chi connectivity index (χ2n) is 5.14. The Morgan fingerprint density at radius 3 is 3.05 bits per heavy atom. The van der Waals surface area contributed by atoms with Crippen molar-refractivity contribution in [2.45, 2.75) is 38.8 Å². The summed E-state index contributed by atoms with van der Waals surface area (Å²) in [5.41, 5.74) is 0. The van der Waals surface area contributed by atoms with Crippen LogP contribution in [0.15, 0.2) is 12.4 Å². The summed E-state index contributed by atoms with van der Waals surface area (Å²) in [5, 5.41) is 2.91. The predicted molar refractivity (Wildman–Crippen MR) is 76.3 cm³/mol. The van der Waals surface area contributed by atoms with Gasteiger partial charge in [-0.3, -0.25) is 0 Å². The first-order valence-electron chi connectivity index (χ1n) is 7.31. The molecule has 1 aromatic rings. The van der Waals surface area contributed by atoms with Crippen LogP contribution < -0.4 is 5.32 Å². The molecule has 0 aromatic carbocycles. The number of rotatable bonds is 5. The summed E-state index contributed by atoms with van der Waals surface area (Å²) < 4.78 is 7.60. The normalized spacial score (nSPS) is 18.8. The van der Waals surface area contributed by atoms with Crippen LogP contribution in [0.2, 0.25) is 0 Å². The summed E-state index contributed by atoms with van der Waals surface area (Å²) in [6.45, 7) is 4.61. The lowest BCUT2D eigenvalue weighted by molar-refractivity contribution is 0.00131. The highest BCUT2D eigenvalue weighted by Crippen LogP contribution is 2.13. The average molecular weight is 280 g/mol. The van der Waals surface area contributed by atoms with Gasteiger partial charge in [0.1, 0.15) is 5.82 Å². The van der Waals surface area contributed by atoms with Crippen molar-refractivity contribution in [2.24, 2.45) is 7.05 Å². The molecule has 1 saturated heterocycles. The van der Waals surface area contributed by atoms with Gasteiger partial charge in [-0.15, -0.1) is 0 Å². The minimum atomic E-state index is -0.0512. The molecule has 2 amide bonds. The van der Waals surface area contributed by atoms with Crippen molar-refractivity contribution in [3.63, 3.8) is 0 Å². The molecule has 1 N–H and O–H groups in total. The fourth-order valence-corrected chi connectivity index (χ4v) is 2.39. The Bertz CT molecular complexity index is 427. The van der Waals surface area contributed by atoms with Gasteiger partial charge in [0.25, 0.3) is 0 Å². The molecule has 0 bridgehead atoms. The monoisotopic (exact) mass is 280 g/mol. The summed E-state index contributed by atoms with van der Waals surface area (Å²) >= 11 is 0. The molecular weight excluding hydrogens is 256 g/mol. The number of carbonyl (C=O) groups excluding carboxylic acids is 1. The van der Waals surface area contributed by atoms with Gasteiger partial charge in [0, 0.05) is 39.1 Å². The molecule has 2 heterocycles. The highest BCUT2D eigenvalue weighted by molar-refractivity contribution is 5.74. The Balaban J connectivity index is 1.80. The SMILES string of the molecule is CCN(C[C@H]1CCCCO1)C(=O)NCc1nccn1C. The number of hydrogen-bond acceptors (Lipinski definition) is 3. The van der Waals surface area contributed by atoms with Crippen LogP contribution in [-0.2, 0) is 18.3 Å². The van der Waals surface area contributed by atoms with E-state index in [1.807, 2.05) is 24.7 Å². The first kappa shape index (κ1) is 14.8. The van der Waals surface area contributed by atoms with Gasteiger partial charge in [-0.1, -0.05) is 0 Å². The zero-order valence-corrected chi connectivity index (χ0v) is 12.3. The van der Waals surface area contributed by atoms with Crippen LogP contribution in [0.4, 0.5) is 4.79 Å². The number of imidazole rings is 1. The first-order chi connectivity index (χ1) is 9.70. The van der Waals surface area contributed by atoms with E-state index in [0.29, 0.717) is 19.6 Å². The molecule has 2 rings (SSSR count). The van der Waals surface area contributed by atoms with Gasteiger partial charge in [0.2, 0.25) is 0 Å². The van der Waals surface area contributed by atoms with Crippen molar-refractivity contribution in [1.29, 1.82) is 0 Å². The molecule has 0 radical (unpaired) electrons. The van der Waals surface area contributed by atoms with E-state index in [1.165, 1.54) is 6.42 Å². The van der Waals surface area contributed by atoms with E-state index >= 15 is 0 Å². The van der Waals surface area contributed by atoms with Crippen LogP contribution >= 0.6 is 0 Å². The summed E-state index contributed by atoms with van der Waals surface area (Å²) in [4.78, 5) is 18.2. The molecule has 0 aliphatic carbocycles. The van der Waals surface area contributed by atoms with Gasteiger partial charge in [-0.2, -0.15) is 0 Å². The number of likely N-dealkylation sites (N-methyl/N-ethyl adjacent to an activating group) is 1. The van der Waals surface area contributed by atoms with Crippen LogP contribution in [0, 0.1) is 0 Å². The predicted octanol–water partition coefficient (Wildman–Crippen LogP) is 1.52. The lowest BCUT2D eigenvalue weighted by Gasteiger charge is -2.29. The van der Waals surface area contributed by atoms with E-state index in [0.717, 1.165) is 25.3 Å². The van der Waals surface area contributed by atoms with Crippen LogP contribution in [0.3, 0.4) is 0 Å². The summed E-state index contributed by atoms with van der Waals surface area (Å²) in [5.74, 6) is 0.850. The van der Waals surface area contributed by atoms with Crippen LogP contribution in [0.5, 0.6) is 0 Å². The maximum absolute atomic E-state index is 12.2. The van der Waals surface area contributed by atoms with Gasteiger partial charge < -0.3 is 19.5 Å². The largest absolute Gasteiger partial charge is 0.376 e. The molecule has 1 aliphatic heterocycles. The van der Waals surface area contributed by atoms with Crippen molar-refractivity contribution in [2.75, 3.05) is 19.7 Å². The third-order valence-corrected chi connectivity index (χ3v) is 3.69. The number of aromatic nitrogens is 2. The van der Waals surface area contributed by atoms with E-state index < -0.39 is 0 Å². The highest BCUT2D eigenvalue weighted by Gasteiger charge is 2.20. The third-order valence-electron chi connectivity index (χ3n) is 3.69. The summed E-state index contributed by atoms with van der Waals surface area (Å²) in [6, 6.07) is -0.0512. The Morgan fingerprint density at radius 1 is 1.60 bits per heavy atom. The number of aryl methyl sites for hydroxylation is 1. The van der Waals surface area contributed by atoms with Crippen molar-refractivity contribution in [3.8, 4) is 0 Å². The smallest absolute Gasteiger partial charge is 0.317 e. The molecule has 1 aliphatic rings. The number of urea groups is 1. The number of amides is 2. The van der Waals surface area contributed by atoms with E-state index in [1.54, 1.807) is 11.1 Å². The van der Waals surface area contributed by atoms with E-state index in [2.05, 4.69) is 10.3 Å². The van der Waals surface area contributed by atoms with Gasteiger partial charge >= 0.3 is 6.03 Å². The average Bonchev–Trinajstić information content (AvgIpc) is 2.88. The van der Waals surface area contributed by atoms with Crippen molar-refractivity contribution < 1.29 is 9.53 Å². The van der Waals surface area contributed by atoms with Crippen LogP contribution in [-0.4, -0.2) is 46.3 Å². The van der Waals surface area contributed by atoms with Gasteiger partial charge in [0.05, 0.1) is 12.6 Å². The summed E-state index contributed by atoms with van der Waals surface area (Å²) in [7, 11) is 1.92. The zero-order valence-electron chi connectivity index (χ0n) is 12.3. The van der Waals surface area contributed by atoms with Crippen LogP contribution in [0.25, 0.3) is 0 Å². The maximum atomic E-state index is 12.2. The minimum Gasteiger partial charge on any atom is -0.376 e. The maximum Gasteiger partial charge on any atom is 0.317 e. The Labute approximate surface area is 120 Å². The zero-order chi connectivity index (χ0) is 14.4. The van der Waals surface area contributed by atoms with Crippen molar-refractivity contribution in [1.82, 2.24) is 19.8 Å². The van der Waals surface area contributed by atoms with E-state index in [4.69, 9.17) is 4.74 Å². The second-order valence-corrected chi connectivity index (χ2v) is 5.14. The summed E-state index contributed by atoms with van der Waals surface area (Å²) in [6.07, 6.45) is 7.15. The number of hydrogen-bond donors (Lipinski definition) is 1. The standard InChI is InChI=1S/C14H24N4O2/c1-3-18(11-12-6-4-5-9-20-12)14(19)16-10-13-15-7-8-17(13)2/h7-8,12H,3-6,9-11H2,1-2H3,(H,16,19)/t12-/m1/s1. The number of nitrogens with one attached hydrogen (secondary N) is 1. The molecule has 1 aromatic heterocycles. The minimum absolute atomic E-state index is 0.0512.